The minimum Gasteiger partial charge on any atom is -0.333 e. The quantitative estimate of drug-likeness (QED) is 0.162. The van der Waals surface area contributed by atoms with Gasteiger partial charge in [0.25, 0.3) is 0 Å². The number of benzene rings is 5. The molecule has 0 saturated carbocycles. The van der Waals surface area contributed by atoms with E-state index < -0.39 is 6.85 Å². The summed E-state index contributed by atoms with van der Waals surface area (Å²) in [4.78, 5) is 9.27. The Morgan fingerprint density at radius 2 is 1.49 bits per heavy atom. The number of rotatable bonds is 5. The van der Waals surface area contributed by atoms with E-state index in [1.807, 2.05) is 42.5 Å². The summed E-state index contributed by atoms with van der Waals surface area (Å²) in [6, 6.07) is 41.4. The maximum absolute atomic E-state index is 14.7. The van der Waals surface area contributed by atoms with Crippen LogP contribution in [-0.4, -0.2) is 14.5 Å². The van der Waals surface area contributed by atoms with Crippen LogP contribution in [0, 0.1) is 24.8 Å². The fourth-order valence-electron chi connectivity index (χ4n) is 6.19. The minimum absolute atomic E-state index is 0. The van der Waals surface area contributed by atoms with Gasteiger partial charge < -0.3 is 9.55 Å². The molecular weight excluding hydrogens is 802 g/mol. The number of thiophene rings is 1. The van der Waals surface area contributed by atoms with E-state index in [9.17, 15) is 4.39 Å². The van der Waals surface area contributed by atoms with Gasteiger partial charge in [-0.1, -0.05) is 93.2 Å². The smallest absolute Gasteiger partial charge is 0.140 e. The largest absolute Gasteiger partial charge is 0.333 e. The fraction of sp³-hybridized carbons (Fsp3) is 0.163. The molecule has 8 aromatic rings. The van der Waals surface area contributed by atoms with Crippen molar-refractivity contribution in [3.63, 3.8) is 0 Å². The van der Waals surface area contributed by atoms with Crippen molar-refractivity contribution in [3.8, 4) is 28.3 Å². The van der Waals surface area contributed by atoms with Crippen molar-refractivity contribution in [2.75, 3.05) is 0 Å². The van der Waals surface area contributed by atoms with Gasteiger partial charge in [-0.3, -0.25) is 4.98 Å². The van der Waals surface area contributed by atoms with Gasteiger partial charge in [0.15, 0.2) is 0 Å². The average molecular weight is 841 g/mol. The molecule has 8 rings (SSSR count). The Labute approximate surface area is 309 Å². The molecule has 0 aliphatic heterocycles. The van der Waals surface area contributed by atoms with Crippen molar-refractivity contribution >= 4 is 42.5 Å². The van der Waals surface area contributed by atoms with Crippen LogP contribution in [0.15, 0.2) is 115 Å². The van der Waals surface area contributed by atoms with Crippen molar-refractivity contribution in [1.29, 1.82) is 0 Å². The zero-order valence-corrected chi connectivity index (χ0v) is 30.8. The summed E-state index contributed by atoms with van der Waals surface area (Å²) < 4.78 is 40.4. The number of aromatic nitrogens is 3. The summed E-state index contributed by atoms with van der Waals surface area (Å²) in [6.45, 7) is 6.87. The van der Waals surface area contributed by atoms with Gasteiger partial charge in [-0.05, 0) is 69.4 Å². The average Bonchev–Trinajstić information content (AvgIpc) is 3.71. The number of hydrogen-bond donors (Lipinski definition) is 0. The van der Waals surface area contributed by atoms with Gasteiger partial charge in [0.05, 0.1) is 21.6 Å². The monoisotopic (exact) mass is 841 g/mol. The number of nitrogens with zero attached hydrogens (tertiary/aromatic N) is 3. The fourth-order valence-corrected chi connectivity index (χ4v) is 7.39. The van der Waals surface area contributed by atoms with Crippen LogP contribution < -0.4 is 0 Å². The Hall–Kier alpha value is -4.48. The molecule has 0 amide bonds. The Morgan fingerprint density at radius 1 is 0.755 bits per heavy atom. The third-order valence-electron chi connectivity index (χ3n) is 8.51. The molecule has 0 bridgehead atoms. The SMILES string of the molecule is CC(C)c1cccc(C(C)C)c1-n1c(-c2[c-]ccc3c2sc2c(F)cccc23)nc2ccccc21.[2H]C([2H])([2H])c1ccc(-c2[c-]cccc2)nc1.[Ir]. The van der Waals surface area contributed by atoms with Crippen molar-refractivity contribution in [2.24, 2.45) is 0 Å². The van der Waals surface area contributed by atoms with Gasteiger partial charge in [-0.2, -0.15) is 11.3 Å². The van der Waals surface area contributed by atoms with Gasteiger partial charge >= 0.3 is 0 Å². The molecule has 247 valence electrons. The number of hydrogen-bond acceptors (Lipinski definition) is 3. The summed E-state index contributed by atoms with van der Waals surface area (Å²) in [5.74, 6) is 1.35. The first-order valence-electron chi connectivity index (χ1n) is 17.6. The molecule has 0 fully saturated rings. The summed E-state index contributed by atoms with van der Waals surface area (Å²) >= 11 is 1.48. The van der Waals surface area contributed by atoms with Crippen molar-refractivity contribution in [1.82, 2.24) is 14.5 Å². The van der Waals surface area contributed by atoms with E-state index in [0.29, 0.717) is 16.5 Å². The predicted octanol–water partition coefficient (Wildman–Crippen LogP) is 12.1. The molecule has 5 aromatic carbocycles. The van der Waals surface area contributed by atoms with Crippen LogP contribution >= 0.6 is 11.3 Å². The molecule has 0 N–H and O–H groups in total. The number of aryl methyl sites for hydroxylation is 1. The van der Waals surface area contributed by atoms with E-state index in [2.05, 4.69) is 85.8 Å². The molecule has 3 nitrogen and oxygen atoms in total. The normalized spacial score (nSPS) is 12.4. The molecule has 0 aliphatic carbocycles. The zero-order valence-electron chi connectivity index (χ0n) is 30.6. The Balaban J connectivity index is 0.000000230. The van der Waals surface area contributed by atoms with Gasteiger partial charge in [-0.25, -0.2) is 4.39 Å². The van der Waals surface area contributed by atoms with Crippen LogP contribution in [0.5, 0.6) is 0 Å². The number of imidazole rings is 1. The van der Waals surface area contributed by atoms with Crippen molar-refractivity contribution < 1.29 is 28.6 Å². The van der Waals surface area contributed by atoms with Crippen LogP contribution in [0.4, 0.5) is 4.39 Å². The van der Waals surface area contributed by atoms with Crippen LogP contribution in [0.3, 0.4) is 0 Å². The molecule has 0 spiro atoms. The van der Waals surface area contributed by atoms with Gasteiger partial charge in [0.2, 0.25) is 0 Å². The first-order valence-corrected chi connectivity index (χ1v) is 16.9. The molecule has 1 radical (unpaired) electrons. The van der Waals surface area contributed by atoms with Crippen molar-refractivity contribution in [2.45, 2.75) is 46.4 Å². The molecule has 0 unspecified atom stereocenters. The summed E-state index contributed by atoms with van der Waals surface area (Å²) in [6.07, 6.45) is 1.39. The first-order chi connectivity index (χ1) is 24.5. The molecule has 3 aromatic heterocycles. The van der Waals surface area contributed by atoms with Crippen LogP contribution in [0.25, 0.3) is 59.5 Å². The molecule has 3 heterocycles. The zero-order chi connectivity index (χ0) is 35.9. The molecule has 0 atom stereocenters. The van der Waals surface area contributed by atoms with Crippen LogP contribution in [0.2, 0.25) is 0 Å². The van der Waals surface area contributed by atoms with Crippen LogP contribution in [0.1, 0.15) is 60.3 Å². The molecule has 49 heavy (non-hydrogen) atoms. The van der Waals surface area contributed by atoms with E-state index in [-0.39, 0.29) is 31.5 Å². The molecule has 0 saturated heterocycles. The maximum Gasteiger partial charge on any atom is 0.140 e. The van der Waals surface area contributed by atoms with Gasteiger partial charge in [0.1, 0.15) is 5.82 Å². The van der Waals surface area contributed by atoms with Gasteiger partial charge in [0, 0.05) is 36.1 Å². The summed E-state index contributed by atoms with van der Waals surface area (Å²) in [5.41, 5.74) is 8.53. The summed E-state index contributed by atoms with van der Waals surface area (Å²) in [5, 5.41) is 1.98. The third kappa shape index (κ3) is 6.61. The third-order valence-corrected chi connectivity index (χ3v) is 9.76. The van der Waals surface area contributed by atoms with E-state index in [0.717, 1.165) is 49.2 Å². The molecule has 0 aliphatic rings. The van der Waals surface area contributed by atoms with E-state index in [1.54, 1.807) is 24.3 Å². The Kier molecular flexibility index (Phi) is 9.08. The second-order valence-corrected chi connectivity index (χ2v) is 13.4. The predicted molar refractivity (Wildman–Crippen MR) is 200 cm³/mol. The minimum atomic E-state index is -2.09. The molecular formula is C43H36FIrN3S-2. The van der Waals surface area contributed by atoms with E-state index in [1.165, 1.54) is 40.4 Å². The first kappa shape index (κ1) is 30.6. The second-order valence-electron chi connectivity index (χ2n) is 12.4. The standard InChI is InChI=1S/C31H26FN2S.C12H10N.Ir/c1-18(2)20-10-7-11-21(19(3)4)28(20)34-27-17-6-5-16-26(27)33-31(34)24-14-8-12-22-23-13-9-15-25(32)30(23)35-29(22)24;1-10-7-8-12(13-9-10)11-5-3-2-4-6-11;/h5-13,15-19H,1-4H3;2-5,7-9H,1H3;/q2*-1;/i;1D3;. The topological polar surface area (TPSA) is 30.7 Å². The number of pyridine rings is 1. The summed E-state index contributed by atoms with van der Waals surface area (Å²) in [7, 11) is 0. The van der Waals surface area contributed by atoms with Crippen LogP contribution in [-0.2, 0) is 20.1 Å². The number of para-hydroxylation sites is 3. The second kappa shape index (κ2) is 14.6. The Morgan fingerprint density at radius 3 is 2.18 bits per heavy atom. The van der Waals surface area contributed by atoms with Gasteiger partial charge in [-0.15, -0.1) is 54.1 Å². The van der Waals surface area contributed by atoms with Crippen molar-refractivity contribution in [3.05, 3.63) is 150 Å². The van der Waals surface area contributed by atoms with E-state index >= 15 is 0 Å². The molecule has 6 heteroatoms. The maximum atomic E-state index is 14.7. The van der Waals surface area contributed by atoms with E-state index in [4.69, 9.17) is 9.10 Å². The number of halogens is 1. The number of fused-ring (bicyclic) bond motifs is 4. The Bertz CT molecular complexity index is 2460.